The predicted molar refractivity (Wildman–Crippen MR) is 58.1 cm³/mol. The maximum Gasteiger partial charge on any atom is 0.152 e. The lowest BCUT2D eigenvalue weighted by Crippen LogP contribution is -2.22. The van der Waals surface area contributed by atoms with E-state index in [1.165, 1.54) is 0 Å². The van der Waals surface area contributed by atoms with Crippen molar-refractivity contribution < 1.29 is 25.3 Å². The van der Waals surface area contributed by atoms with Gasteiger partial charge in [-0.15, -0.1) is 0 Å². The lowest BCUT2D eigenvalue weighted by molar-refractivity contribution is 0.588. The van der Waals surface area contributed by atoms with Crippen molar-refractivity contribution in [3.05, 3.63) is 0 Å². The van der Waals surface area contributed by atoms with E-state index in [-0.39, 0.29) is 0 Å². The molecule has 0 N–H and O–H groups in total. The van der Waals surface area contributed by atoms with Gasteiger partial charge in [-0.1, -0.05) is 0 Å². The number of hydrogen-bond donors (Lipinski definition) is 0. The van der Waals surface area contributed by atoms with Gasteiger partial charge in [0.25, 0.3) is 0 Å². The maximum atomic E-state index is 11.2. The van der Waals surface area contributed by atoms with Crippen molar-refractivity contribution in [3.8, 4) is 0 Å². The van der Waals surface area contributed by atoms with Gasteiger partial charge in [0.05, 0.1) is 23.0 Å². The Labute approximate surface area is 90.4 Å². The van der Waals surface area contributed by atoms with Gasteiger partial charge in [0.2, 0.25) is 0 Å². The minimum Gasteiger partial charge on any atom is -0.229 e. The normalized spacial score (nSPS) is 14.0. The third-order valence-electron chi connectivity index (χ3n) is 1.53. The van der Waals surface area contributed by atoms with Crippen LogP contribution in [0, 0.1) is 0 Å². The largest absolute Gasteiger partial charge is 0.229 e. The zero-order valence-electron chi connectivity index (χ0n) is 8.50. The maximum absolute atomic E-state index is 11.2. The first-order valence-electron chi connectivity index (χ1n) is 3.97. The summed E-state index contributed by atoms with van der Waals surface area (Å²) in [6.07, 6.45) is 1.86. The van der Waals surface area contributed by atoms with Crippen molar-refractivity contribution in [2.24, 2.45) is 0 Å². The molecule has 0 aliphatic heterocycles. The van der Waals surface area contributed by atoms with Crippen LogP contribution in [0.15, 0.2) is 0 Å². The zero-order chi connectivity index (χ0) is 12.3. The number of sulfone groups is 3. The summed E-state index contributed by atoms with van der Waals surface area (Å²) in [6, 6.07) is 0. The first-order chi connectivity index (χ1) is 6.41. The molecule has 0 radical (unpaired) electrons. The second-order valence-electron chi connectivity index (χ2n) is 3.41. The Morgan fingerprint density at radius 1 is 0.600 bits per heavy atom. The van der Waals surface area contributed by atoms with Gasteiger partial charge in [-0.2, -0.15) is 0 Å². The van der Waals surface area contributed by atoms with E-state index in [2.05, 4.69) is 0 Å². The molecule has 15 heavy (non-hydrogen) atoms. The van der Waals surface area contributed by atoms with E-state index >= 15 is 0 Å². The molecule has 0 atom stereocenters. The van der Waals surface area contributed by atoms with Crippen LogP contribution in [0.5, 0.6) is 0 Å². The molecule has 0 aromatic carbocycles. The quantitative estimate of drug-likeness (QED) is 0.585. The molecule has 0 spiro atoms. The van der Waals surface area contributed by atoms with Gasteiger partial charge in [-0.3, -0.25) is 0 Å². The molecule has 0 unspecified atom stereocenters. The van der Waals surface area contributed by atoms with E-state index < -0.39 is 52.5 Å². The van der Waals surface area contributed by atoms with Crippen LogP contribution in [0.4, 0.5) is 0 Å². The van der Waals surface area contributed by atoms with E-state index in [0.717, 1.165) is 12.5 Å². The standard InChI is InChI=1S/C6H14O6S3/c1-13(7,8)3-5-15(11,12)6-4-14(2,9)10/h3-6H2,1-2H3. The van der Waals surface area contributed by atoms with Gasteiger partial charge in [0.1, 0.15) is 19.7 Å². The monoisotopic (exact) mass is 278 g/mol. The Bertz CT molecular complexity index is 453. The summed E-state index contributed by atoms with van der Waals surface area (Å²) in [5, 5.41) is 0. The molecule has 92 valence electrons. The fraction of sp³-hybridized carbons (Fsp3) is 1.00. The van der Waals surface area contributed by atoms with Gasteiger partial charge >= 0.3 is 0 Å². The van der Waals surface area contributed by atoms with Crippen molar-refractivity contribution in [2.75, 3.05) is 35.5 Å². The van der Waals surface area contributed by atoms with E-state index in [9.17, 15) is 25.3 Å². The molecule has 6 nitrogen and oxygen atoms in total. The summed E-state index contributed by atoms with van der Waals surface area (Å²) in [7, 11) is -10.3. The highest BCUT2D eigenvalue weighted by Crippen LogP contribution is 1.96. The highest BCUT2D eigenvalue weighted by Gasteiger charge is 2.17. The molecule has 0 fully saturated rings. The number of hydrogen-bond acceptors (Lipinski definition) is 6. The molecule has 0 aliphatic carbocycles. The first kappa shape index (κ1) is 14.8. The van der Waals surface area contributed by atoms with E-state index in [4.69, 9.17) is 0 Å². The average Bonchev–Trinajstić information content (AvgIpc) is 1.96. The fourth-order valence-corrected chi connectivity index (χ4v) is 5.32. The van der Waals surface area contributed by atoms with Gasteiger partial charge in [-0.05, 0) is 0 Å². The molecular weight excluding hydrogens is 264 g/mol. The topological polar surface area (TPSA) is 102 Å². The average molecular weight is 278 g/mol. The van der Waals surface area contributed by atoms with Crippen LogP contribution in [-0.4, -0.2) is 60.8 Å². The molecule has 0 aromatic rings. The summed E-state index contributed by atoms with van der Waals surface area (Å²) >= 11 is 0. The minimum atomic E-state index is -3.61. The second-order valence-corrected chi connectivity index (χ2v) is 10.2. The third kappa shape index (κ3) is 10.1. The molecule has 0 saturated heterocycles. The molecule has 0 heterocycles. The Kier molecular flexibility index (Phi) is 4.74. The van der Waals surface area contributed by atoms with Crippen molar-refractivity contribution in [1.82, 2.24) is 0 Å². The van der Waals surface area contributed by atoms with Gasteiger partial charge in [-0.25, -0.2) is 25.3 Å². The molecule has 0 aliphatic rings. The van der Waals surface area contributed by atoms with Crippen LogP contribution in [0.25, 0.3) is 0 Å². The molecule has 9 heteroatoms. The van der Waals surface area contributed by atoms with Crippen LogP contribution in [0.2, 0.25) is 0 Å². The van der Waals surface area contributed by atoms with Gasteiger partial charge in [0, 0.05) is 12.5 Å². The Morgan fingerprint density at radius 3 is 1.07 bits per heavy atom. The van der Waals surface area contributed by atoms with Crippen molar-refractivity contribution >= 4 is 29.5 Å². The van der Waals surface area contributed by atoms with Crippen molar-refractivity contribution in [2.45, 2.75) is 0 Å². The highest BCUT2D eigenvalue weighted by molar-refractivity contribution is 7.96. The lowest BCUT2D eigenvalue weighted by atomic mass is 10.9. The highest BCUT2D eigenvalue weighted by atomic mass is 32.2. The van der Waals surface area contributed by atoms with Gasteiger partial charge < -0.3 is 0 Å². The summed E-state index contributed by atoms with van der Waals surface area (Å²) in [4.78, 5) is 0. The Morgan fingerprint density at radius 2 is 0.867 bits per heavy atom. The summed E-state index contributed by atoms with van der Waals surface area (Å²) < 4.78 is 65.2. The fourth-order valence-electron chi connectivity index (χ4n) is 0.659. The molecule has 0 amide bonds. The zero-order valence-corrected chi connectivity index (χ0v) is 11.0. The van der Waals surface area contributed by atoms with E-state index in [1.807, 2.05) is 0 Å². The summed E-state index contributed by atoms with van der Waals surface area (Å²) in [6.45, 7) is 0. The van der Waals surface area contributed by atoms with Crippen molar-refractivity contribution in [3.63, 3.8) is 0 Å². The molecular formula is C6H14O6S3. The lowest BCUT2D eigenvalue weighted by Gasteiger charge is -2.02. The molecule has 0 bridgehead atoms. The van der Waals surface area contributed by atoms with E-state index in [1.54, 1.807) is 0 Å². The van der Waals surface area contributed by atoms with Crippen molar-refractivity contribution in [1.29, 1.82) is 0 Å². The number of rotatable bonds is 6. The minimum absolute atomic E-state index is 0.473. The van der Waals surface area contributed by atoms with Gasteiger partial charge in [0.15, 0.2) is 9.84 Å². The van der Waals surface area contributed by atoms with Crippen LogP contribution >= 0.6 is 0 Å². The molecule has 0 rings (SSSR count). The van der Waals surface area contributed by atoms with Crippen LogP contribution in [0.3, 0.4) is 0 Å². The van der Waals surface area contributed by atoms with Crippen LogP contribution in [0.1, 0.15) is 0 Å². The summed E-state index contributed by atoms with van der Waals surface area (Å²) in [5.74, 6) is -2.00. The Hall–Kier alpha value is -0.150. The van der Waals surface area contributed by atoms with Crippen LogP contribution < -0.4 is 0 Å². The smallest absolute Gasteiger partial charge is 0.152 e. The summed E-state index contributed by atoms with van der Waals surface area (Å²) in [5.41, 5.74) is 0. The van der Waals surface area contributed by atoms with E-state index in [0.29, 0.717) is 0 Å². The predicted octanol–water partition coefficient (Wildman–Crippen LogP) is -1.51. The SMILES string of the molecule is CS(=O)(=O)CCS(=O)(=O)CCS(C)(=O)=O. The van der Waals surface area contributed by atoms with Crippen LogP contribution in [-0.2, 0) is 29.5 Å². The second kappa shape index (κ2) is 4.79. The molecule has 0 saturated carbocycles. The first-order valence-corrected chi connectivity index (χ1v) is 9.91. The third-order valence-corrected chi connectivity index (χ3v) is 5.59. The molecule has 0 aromatic heterocycles. The Balaban J connectivity index is 4.35.